The molecule has 0 saturated heterocycles. The van der Waals surface area contributed by atoms with Gasteiger partial charge < -0.3 is 4.74 Å². The third-order valence-corrected chi connectivity index (χ3v) is 4.91. The third kappa shape index (κ3) is 4.63. The molecule has 0 spiro atoms. The second kappa shape index (κ2) is 8.71. The molecule has 1 heteroatoms. The first-order valence-corrected chi connectivity index (χ1v) is 9.39. The molecule has 25 heavy (non-hydrogen) atoms. The van der Waals surface area contributed by atoms with Crippen LogP contribution in [-0.2, 0) is 12.8 Å². The number of rotatable bonds is 6. The second-order valence-corrected chi connectivity index (χ2v) is 6.74. The first kappa shape index (κ1) is 17.5. The van der Waals surface area contributed by atoms with Crippen LogP contribution in [0.5, 0.6) is 5.75 Å². The molecule has 0 radical (unpaired) electrons. The van der Waals surface area contributed by atoms with E-state index in [1.165, 1.54) is 41.5 Å². The van der Waals surface area contributed by atoms with Crippen molar-refractivity contribution >= 4 is 0 Å². The van der Waals surface area contributed by atoms with Gasteiger partial charge in [0.25, 0.3) is 0 Å². The Balaban J connectivity index is 1.68. The average molecular weight is 332 g/mol. The van der Waals surface area contributed by atoms with Gasteiger partial charge in [-0.3, -0.25) is 0 Å². The monoisotopic (exact) mass is 332 g/mol. The van der Waals surface area contributed by atoms with Crippen LogP contribution in [0.4, 0.5) is 0 Å². The first-order chi connectivity index (χ1) is 12.3. The fraction of sp³-hybridized carbons (Fsp3) is 0.333. The van der Waals surface area contributed by atoms with E-state index in [1.54, 1.807) is 0 Å². The van der Waals surface area contributed by atoms with Crippen molar-refractivity contribution in [2.45, 2.75) is 39.5 Å². The number of allylic oxidation sites excluding steroid dienone is 3. The molecule has 1 nitrogen and oxygen atoms in total. The van der Waals surface area contributed by atoms with Crippen LogP contribution >= 0.6 is 0 Å². The van der Waals surface area contributed by atoms with Crippen LogP contribution < -0.4 is 4.74 Å². The molecule has 3 rings (SSSR count). The summed E-state index contributed by atoms with van der Waals surface area (Å²) in [6.07, 6.45) is 13.3. The predicted molar refractivity (Wildman–Crippen MR) is 107 cm³/mol. The maximum absolute atomic E-state index is 5.77. The van der Waals surface area contributed by atoms with Gasteiger partial charge in [-0.2, -0.15) is 0 Å². The highest BCUT2D eigenvalue weighted by atomic mass is 16.5. The number of benzene rings is 2. The lowest BCUT2D eigenvalue weighted by atomic mass is 9.82. The Morgan fingerprint density at radius 1 is 0.960 bits per heavy atom. The zero-order valence-corrected chi connectivity index (χ0v) is 15.4. The molecule has 0 bridgehead atoms. The highest BCUT2D eigenvalue weighted by molar-refractivity contribution is 5.66. The van der Waals surface area contributed by atoms with Crippen molar-refractivity contribution in [3.05, 3.63) is 77.9 Å². The van der Waals surface area contributed by atoms with Gasteiger partial charge in [0, 0.05) is 0 Å². The molecule has 130 valence electrons. The highest BCUT2D eigenvalue weighted by Crippen LogP contribution is 2.31. The van der Waals surface area contributed by atoms with E-state index in [2.05, 4.69) is 73.7 Å². The van der Waals surface area contributed by atoms with Crippen molar-refractivity contribution in [3.63, 3.8) is 0 Å². The molecule has 0 saturated carbocycles. The Kier molecular flexibility index (Phi) is 6.11. The molecular weight excluding hydrogens is 304 g/mol. The zero-order chi connectivity index (χ0) is 17.5. The minimum absolute atomic E-state index is 0.710. The molecule has 2 aromatic rings. The van der Waals surface area contributed by atoms with Crippen LogP contribution in [0.1, 0.15) is 37.8 Å². The highest BCUT2D eigenvalue weighted by Gasteiger charge is 2.16. The average Bonchev–Trinajstić information content (AvgIpc) is 2.66. The SMILES string of the molecule is C/C=C/CCOc1ccc(-c2ccc3c(c2)CCC(/C=C/C)C3)cc1. The van der Waals surface area contributed by atoms with Gasteiger partial charge in [-0.25, -0.2) is 0 Å². The van der Waals surface area contributed by atoms with E-state index in [0.717, 1.165) is 18.8 Å². The number of fused-ring (bicyclic) bond motifs is 1. The van der Waals surface area contributed by atoms with E-state index < -0.39 is 0 Å². The molecule has 0 aliphatic heterocycles. The molecular formula is C24H28O. The summed E-state index contributed by atoms with van der Waals surface area (Å²) in [6.45, 7) is 4.89. The fourth-order valence-electron chi connectivity index (χ4n) is 3.55. The van der Waals surface area contributed by atoms with Crippen molar-refractivity contribution in [1.29, 1.82) is 0 Å². The standard InChI is InChI=1S/C24H28O/c1-3-5-6-16-25-24-14-12-20(13-15-24)22-11-10-21-17-19(7-4-2)8-9-23(21)18-22/h3-5,7,10-15,18-19H,6,8-9,16-17H2,1-2H3/b5-3+,7-4+. The van der Waals surface area contributed by atoms with E-state index >= 15 is 0 Å². The second-order valence-electron chi connectivity index (χ2n) is 6.74. The van der Waals surface area contributed by atoms with E-state index in [0.29, 0.717) is 5.92 Å². The van der Waals surface area contributed by atoms with Crippen LogP contribution in [0.2, 0.25) is 0 Å². The molecule has 0 fully saturated rings. The van der Waals surface area contributed by atoms with Gasteiger partial charge in [0.05, 0.1) is 6.61 Å². The summed E-state index contributed by atoms with van der Waals surface area (Å²) >= 11 is 0. The Morgan fingerprint density at radius 3 is 2.52 bits per heavy atom. The molecule has 1 unspecified atom stereocenters. The van der Waals surface area contributed by atoms with Crippen LogP contribution in [0.15, 0.2) is 66.8 Å². The fourth-order valence-corrected chi connectivity index (χ4v) is 3.55. The van der Waals surface area contributed by atoms with Crippen LogP contribution in [0.25, 0.3) is 11.1 Å². The Labute approximate surface area is 152 Å². The third-order valence-electron chi connectivity index (χ3n) is 4.91. The minimum Gasteiger partial charge on any atom is -0.493 e. The Hall–Kier alpha value is -2.28. The van der Waals surface area contributed by atoms with Gasteiger partial charge >= 0.3 is 0 Å². The van der Waals surface area contributed by atoms with Gasteiger partial charge in [0.2, 0.25) is 0 Å². The summed E-state index contributed by atoms with van der Waals surface area (Å²) in [5, 5.41) is 0. The maximum atomic E-state index is 5.77. The Morgan fingerprint density at radius 2 is 1.76 bits per heavy atom. The summed E-state index contributed by atoms with van der Waals surface area (Å²) in [5.41, 5.74) is 5.61. The molecule has 1 aliphatic rings. The van der Waals surface area contributed by atoms with Crippen LogP contribution in [0, 0.1) is 5.92 Å². The van der Waals surface area contributed by atoms with Crippen LogP contribution in [0.3, 0.4) is 0 Å². The largest absolute Gasteiger partial charge is 0.493 e. The quantitative estimate of drug-likeness (QED) is 0.440. The minimum atomic E-state index is 0.710. The van der Waals surface area contributed by atoms with Gasteiger partial charge in [-0.1, -0.05) is 54.6 Å². The molecule has 0 heterocycles. The number of aryl methyl sites for hydroxylation is 1. The summed E-state index contributed by atoms with van der Waals surface area (Å²) in [5.74, 6) is 1.66. The lowest BCUT2D eigenvalue weighted by molar-refractivity contribution is 0.325. The van der Waals surface area contributed by atoms with Gasteiger partial charge in [-0.05, 0) is 79.8 Å². The van der Waals surface area contributed by atoms with Crippen molar-refractivity contribution in [2.75, 3.05) is 6.61 Å². The lowest BCUT2D eigenvalue weighted by Gasteiger charge is -2.23. The summed E-state index contributed by atoms with van der Waals surface area (Å²) in [4.78, 5) is 0. The number of ether oxygens (including phenoxy) is 1. The number of hydrogen-bond acceptors (Lipinski definition) is 1. The van der Waals surface area contributed by atoms with Gasteiger partial charge in [-0.15, -0.1) is 0 Å². The van der Waals surface area contributed by atoms with E-state index in [1.807, 2.05) is 6.92 Å². The molecule has 0 N–H and O–H groups in total. The van der Waals surface area contributed by atoms with Crippen molar-refractivity contribution in [3.8, 4) is 16.9 Å². The van der Waals surface area contributed by atoms with E-state index in [-0.39, 0.29) is 0 Å². The van der Waals surface area contributed by atoms with Gasteiger partial charge in [0.1, 0.15) is 5.75 Å². The first-order valence-electron chi connectivity index (χ1n) is 9.39. The Bertz CT molecular complexity index is 737. The van der Waals surface area contributed by atoms with Crippen molar-refractivity contribution in [1.82, 2.24) is 0 Å². The summed E-state index contributed by atoms with van der Waals surface area (Å²) in [6, 6.07) is 15.4. The molecule has 2 aromatic carbocycles. The van der Waals surface area contributed by atoms with E-state index in [9.17, 15) is 0 Å². The zero-order valence-electron chi connectivity index (χ0n) is 15.4. The maximum Gasteiger partial charge on any atom is 0.119 e. The summed E-state index contributed by atoms with van der Waals surface area (Å²) < 4.78 is 5.77. The van der Waals surface area contributed by atoms with Crippen molar-refractivity contribution in [2.24, 2.45) is 5.92 Å². The molecule has 1 aliphatic carbocycles. The smallest absolute Gasteiger partial charge is 0.119 e. The molecule has 0 aromatic heterocycles. The van der Waals surface area contributed by atoms with E-state index in [4.69, 9.17) is 4.74 Å². The summed E-state index contributed by atoms with van der Waals surface area (Å²) in [7, 11) is 0. The predicted octanol–water partition coefficient (Wildman–Crippen LogP) is 6.38. The molecule has 1 atom stereocenters. The lowest BCUT2D eigenvalue weighted by Crippen LogP contribution is -2.12. The van der Waals surface area contributed by atoms with Gasteiger partial charge in [0.15, 0.2) is 0 Å². The normalized spacial score (nSPS) is 17.1. The number of hydrogen-bond donors (Lipinski definition) is 0. The molecule has 0 amide bonds. The van der Waals surface area contributed by atoms with Crippen LogP contribution in [-0.4, -0.2) is 6.61 Å². The topological polar surface area (TPSA) is 9.23 Å². The van der Waals surface area contributed by atoms with Crippen molar-refractivity contribution < 1.29 is 4.74 Å².